The van der Waals surface area contributed by atoms with Crippen LogP contribution in [0.2, 0.25) is 0 Å². The van der Waals surface area contributed by atoms with Crippen LogP contribution in [0.5, 0.6) is 0 Å². The molecule has 2 aliphatic rings. The third-order valence-electron chi connectivity index (χ3n) is 4.40. The molecular formula is C15H19FN4O. The second-order valence-electron chi connectivity index (χ2n) is 5.87. The Kier molecular flexibility index (Phi) is 3.27. The largest absolute Gasteiger partial charge is 0.373 e. The van der Waals surface area contributed by atoms with E-state index in [0.29, 0.717) is 24.1 Å². The number of anilines is 1. The zero-order valence-electron chi connectivity index (χ0n) is 11.8. The van der Waals surface area contributed by atoms with Crippen LogP contribution in [-0.4, -0.2) is 53.3 Å². The SMILES string of the molecule is Fc1ccc2nc(NCC3CN4CCCC4CO3)[nH]c2c1. The first-order valence-electron chi connectivity index (χ1n) is 7.53. The number of hydrogen-bond acceptors (Lipinski definition) is 4. The van der Waals surface area contributed by atoms with Crippen molar-refractivity contribution in [1.29, 1.82) is 0 Å². The molecule has 2 atom stereocenters. The van der Waals surface area contributed by atoms with Gasteiger partial charge in [-0.25, -0.2) is 9.37 Å². The highest BCUT2D eigenvalue weighted by atomic mass is 19.1. The average molecular weight is 290 g/mol. The number of aromatic nitrogens is 2. The first kappa shape index (κ1) is 13.0. The van der Waals surface area contributed by atoms with Crippen LogP contribution in [0.25, 0.3) is 11.0 Å². The van der Waals surface area contributed by atoms with Crippen molar-refractivity contribution in [2.24, 2.45) is 0 Å². The Morgan fingerprint density at radius 3 is 3.38 bits per heavy atom. The van der Waals surface area contributed by atoms with Gasteiger partial charge in [-0.3, -0.25) is 4.90 Å². The summed E-state index contributed by atoms with van der Waals surface area (Å²) >= 11 is 0. The number of ether oxygens (including phenoxy) is 1. The topological polar surface area (TPSA) is 53.2 Å². The molecule has 112 valence electrons. The van der Waals surface area contributed by atoms with E-state index in [2.05, 4.69) is 20.2 Å². The molecule has 6 heteroatoms. The minimum atomic E-state index is -0.256. The van der Waals surface area contributed by atoms with E-state index in [-0.39, 0.29) is 11.9 Å². The van der Waals surface area contributed by atoms with Crippen LogP contribution in [0.4, 0.5) is 10.3 Å². The number of nitrogens with one attached hydrogen (secondary N) is 2. The number of nitrogens with zero attached hydrogens (tertiary/aromatic N) is 2. The fraction of sp³-hybridized carbons (Fsp3) is 0.533. The van der Waals surface area contributed by atoms with Crippen molar-refractivity contribution in [3.63, 3.8) is 0 Å². The van der Waals surface area contributed by atoms with Gasteiger partial charge in [-0.05, 0) is 37.6 Å². The molecule has 2 N–H and O–H groups in total. The van der Waals surface area contributed by atoms with Crippen molar-refractivity contribution in [2.75, 3.05) is 31.6 Å². The molecule has 0 aliphatic carbocycles. The van der Waals surface area contributed by atoms with E-state index >= 15 is 0 Å². The summed E-state index contributed by atoms with van der Waals surface area (Å²) in [4.78, 5) is 10.0. The summed E-state index contributed by atoms with van der Waals surface area (Å²) in [6.45, 7) is 3.71. The number of hydrogen-bond donors (Lipinski definition) is 2. The summed E-state index contributed by atoms with van der Waals surface area (Å²) in [6, 6.07) is 5.18. The lowest BCUT2D eigenvalue weighted by Crippen LogP contribution is -2.48. The first-order valence-corrected chi connectivity index (χ1v) is 7.53. The lowest BCUT2D eigenvalue weighted by Gasteiger charge is -2.35. The van der Waals surface area contributed by atoms with Crippen LogP contribution >= 0.6 is 0 Å². The van der Waals surface area contributed by atoms with Crippen LogP contribution < -0.4 is 5.32 Å². The summed E-state index contributed by atoms with van der Waals surface area (Å²) in [7, 11) is 0. The maximum Gasteiger partial charge on any atom is 0.201 e. The third-order valence-corrected chi connectivity index (χ3v) is 4.40. The Labute approximate surface area is 122 Å². The third kappa shape index (κ3) is 2.61. The van der Waals surface area contributed by atoms with Crippen LogP contribution in [0.15, 0.2) is 18.2 Å². The summed E-state index contributed by atoms with van der Waals surface area (Å²) < 4.78 is 19.1. The zero-order valence-corrected chi connectivity index (χ0v) is 11.8. The van der Waals surface area contributed by atoms with Crippen molar-refractivity contribution >= 4 is 17.0 Å². The highest BCUT2D eigenvalue weighted by Gasteiger charge is 2.32. The minimum Gasteiger partial charge on any atom is -0.373 e. The molecule has 0 amide bonds. The molecule has 2 aromatic rings. The van der Waals surface area contributed by atoms with Crippen molar-refractivity contribution in [2.45, 2.75) is 25.0 Å². The molecule has 5 nitrogen and oxygen atoms in total. The van der Waals surface area contributed by atoms with E-state index < -0.39 is 0 Å². The fourth-order valence-corrected chi connectivity index (χ4v) is 3.29. The summed E-state index contributed by atoms with van der Waals surface area (Å²) in [5.41, 5.74) is 1.48. The number of aromatic amines is 1. The molecule has 2 unspecified atom stereocenters. The summed E-state index contributed by atoms with van der Waals surface area (Å²) in [5.74, 6) is 0.413. The van der Waals surface area contributed by atoms with Crippen LogP contribution in [0.1, 0.15) is 12.8 Å². The van der Waals surface area contributed by atoms with Gasteiger partial charge in [0.2, 0.25) is 5.95 Å². The Balaban J connectivity index is 1.39. The molecule has 1 aromatic carbocycles. The molecule has 21 heavy (non-hydrogen) atoms. The van der Waals surface area contributed by atoms with Crippen molar-refractivity contribution in [1.82, 2.24) is 14.9 Å². The Hall–Kier alpha value is -1.66. The number of morpholine rings is 1. The minimum absolute atomic E-state index is 0.185. The molecule has 0 radical (unpaired) electrons. The van der Waals surface area contributed by atoms with E-state index in [1.54, 1.807) is 6.07 Å². The molecule has 0 spiro atoms. The van der Waals surface area contributed by atoms with E-state index in [0.717, 1.165) is 18.7 Å². The smallest absolute Gasteiger partial charge is 0.201 e. The van der Waals surface area contributed by atoms with Crippen LogP contribution in [-0.2, 0) is 4.74 Å². The monoisotopic (exact) mass is 290 g/mol. The molecule has 2 aliphatic heterocycles. The Bertz CT molecular complexity index is 644. The highest BCUT2D eigenvalue weighted by molar-refractivity contribution is 5.77. The molecule has 0 saturated carbocycles. The van der Waals surface area contributed by atoms with Crippen molar-refractivity contribution in [3.05, 3.63) is 24.0 Å². The standard InChI is InChI=1S/C15H19FN4O/c16-10-3-4-13-14(6-10)19-15(18-13)17-7-12-8-20-5-1-2-11(20)9-21-12/h3-4,6,11-12H,1-2,5,7-9H2,(H2,17,18,19). The van der Waals surface area contributed by atoms with Gasteiger partial charge in [0, 0.05) is 19.1 Å². The second kappa shape index (κ2) is 5.27. The maximum atomic E-state index is 13.2. The van der Waals surface area contributed by atoms with Crippen LogP contribution in [0.3, 0.4) is 0 Å². The summed E-state index contributed by atoms with van der Waals surface area (Å²) in [6.07, 6.45) is 2.72. The van der Waals surface area contributed by atoms with Crippen molar-refractivity contribution in [3.8, 4) is 0 Å². The van der Waals surface area contributed by atoms with E-state index in [9.17, 15) is 4.39 Å². The quantitative estimate of drug-likeness (QED) is 0.907. The van der Waals surface area contributed by atoms with Gasteiger partial charge in [-0.2, -0.15) is 0 Å². The predicted molar refractivity (Wildman–Crippen MR) is 78.9 cm³/mol. The molecule has 1 aromatic heterocycles. The molecule has 3 heterocycles. The van der Waals surface area contributed by atoms with Gasteiger partial charge in [0.25, 0.3) is 0 Å². The maximum absolute atomic E-state index is 13.2. The predicted octanol–water partition coefficient (Wildman–Crippen LogP) is 1.98. The van der Waals surface area contributed by atoms with E-state index in [4.69, 9.17) is 4.74 Å². The molecule has 2 saturated heterocycles. The summed E-state index contributed by atoms with van der Waals surface area (Å²) in [5, 5.41) is 3.26. The number of fused-ring (bicyclic) bond motifs is 2. The first-order chi connectivity index (χ1) is 10.3. The van der Waals surface area contributed by atoms with Gasteiger partial charge in [0.05, 0.1) is 23.7 Å². The second-order valence-corrected chi connectivity index (χ2v) is 5.87. The lowest BCUT2D eigenvalue weighted by atomic mass is 10.2. The number of H-pyrrole nitrogens is 1. The number of rotatable bonds is 3. The molecule has 0 bridgehead atoms. The van der Waals surface area contributed by atoms with Crippen LogP contribution in [0, 0.1) is 5.82 Å². The number of imidazole rings is 1. The van der Waals surface area contributed by atoms with Gasteiger partial charge >= 0.3 is 0 Å². The molecule has 2 fully saturated rings. The van der Waals surface area contributed by atoms with E-state index in [1.165, 1.54) is 31.5 Å². The molecule has 4 rings (SSSR count). The van der Waals surface area contributed by atoms with Gasteiger partial charge in [-0.15, -0.1) is 0 Å². The normalized spacial score (nSPS) is 26.1. The average Bonchev–Trinajstić information content (AvgIpc) is 3.09. The van der Waals surface area contributed by atoms with Gasteiger partial charge in [-0.1, -0.05) is 0 Å². The fourth-order valence-electron chi connectivity index (χ4n) is 3.29. The van der Waals surface area contributed by atoms with E-state index in [1.807, 2.05) is 0 Å². The molecular weight excluding hydrogens is 271 g/mol. The number of benzene rings is 1. The lowest BCUT2D eigenvalue weighted by molar-refractivity contribution is -0.0416. The van der Waals surface area contributed by atoms with Gasteiger partial charge < -0.3 is 15.0 Å². The zero-order chi connectivity index (χ0) is 14.2. The van der Waals surface area contributed by atoms with Crippen molar-refractivity contribution < 1.29 is 9.13 Å². The number of halogens is 1. The Morgan fingerprint density at radius 1 is 1.48 bits per heavy atom. The highest BCUT2D eigenvalue weighted by Crippen LogP contribution is 2.23. The van der Waals surface area contributed by atoms with Gasteiger partial charge in [0.1, 0.15) is 5.82 Å². The Morgan fingerprint density at radius 2 is 2.43 bits per heavy atom. The van der Waals surface area contributed by atoms with Gasteiger partial charge in [0.15, 0.2) is 0 Å².